The molecule has 0 aromatic rings. The third-order valence-electron chi connectivity index (χ3n) is 4.09. The van der Waals surface area contributed by atoms with E-state index in [1.807, 2.05) is 6.92 Å². The molecular weight excluding hydrogens is 174 g/mol. The minimum absolute atomic E-state index is 0.261. The van der Waals surface area contributed by atoms with E-state index in [0.717, 1.165) is 25.7 Å². The van der Waals surface area contributed by atoms with Crippen molar-refractivity contribution in [2.75, 3.05) is 0 Å². The first kappa shape index (κ1) is 13.9. The van der Waals surface area contributed by atoms with E-state index in [4.69, 9.17) is 5.73 Å². The minimum Gasteiger partial charge on any atom is -0.388 e. The highest BCUT2D eigenvalue weighted by Gasteiger charge is 2.46. The number of aliphatic hydroxyl groups is 1. The molecule has 0 fully saturated rings. The van der Waals surface area contributed by atoms with E-state index >= 15 is 0 Å². The standard InChI is InChI=1S/C12H27NO/c1-6-10(5)12(14,9-4)11(13,7-2)8-3/h10,14H,6-9,13H2,1-5H3. The van der Waals surface area contributed by atoms with Gasteiger partial charge < -0.3 is 10.8 Å². The lowest BCUT2D eigenvalue weighted by Crippen LogP contribution is -2.62. The van der Waals surface area contributed by atoms with Gasteiger partial charge in [0.25, 0.3) is 0 Å². The third kappa shape index (κ3) is 2.12. The highest BCUT2D eigenvalue weighted by Crippen LogP contribution is 2.37. The predicted molar refractivity (Wildman–Crippen MR) is 62.2 cm³/mol. The molecule has 2 unspecified atom stereocenters. The number of rotatable bonds is 6. The van der Waals surface area contributed by atoms with Crippen LogP contribution in [0, 0.1) is 5.92 Å². The molecule has 0 rings (SSSR count). The lowest BCUT2D eigenvalue weighted by molar-refractivity contribution is -0.0864. The maximum Gasteiger partial charge on any atom is 0.0848 e. The Hall–Kier alpha value is -0.0800. The molecule has 2 atom stereocenters. The van der Waals surface area contributed by atoms with Gasteiger partial charge in [-0.05, 0) is 25.2 Å². The fraction of sp³-hybridized carbons (Fsp3) is 1.00. The first-order chi connectivity index (χ1) is 6.41. The number of hydrogen-bond acceptors (Lipinski definition) is 2. The van der Waals surface area contributed by atoms with E-state index < -0.39 is 11.1 Å². The molecule has 2 heteroatoms. The Balaban J connectivity index is 4.99. The second kappa shape index (κ2) is 5.13. The van der Waals surface area contributed by atoms with Gasteiger partial charge in [0.2, 0.25) is 0 Å². The molecule has 0 aliphatic rings. The van der Waals surface area contributed by atoms with Crippen LogP contribution in [0.15, 0.2) is 0 Å². The average Bonchev–Trinajstić information content (AvgIpc) is 2.25. The topological polar surface area (TPSA) is 46.2 Å². The van der Waals surface area contributed by atoms with Crippen molar-refractivity contribution < 1.29 is 5.11 Å². The highest BCUT2D eigenvalue weighted by atomic mass is 16.3. The summed E-state index contributed by atoms with van der Waals surface area (Å²) in [4.78, 5) is 0. The summed E-state index contributed by atoms with van der Waals surface area (Å²) >= 11 is 0. The van der Waals surface area contributed by atoms with Crippen LogP contribution in [0.5, 0.6) is 0 Å². The van der Waals surface area contributed by atoms with Gasteiger partial charge in [-0.1, -0.05) is 41.0 Å². The molecule has 0 aromatic heterocycles. The molecule has 0 aliphatic heterocycles. The van der Waals surface area contributed by atoms with Gasteiger partial charge in [-0.25, -0.2) is 0 Å². The Morgan fingerprint density at radius 1 is 1.07 bits per heavy atom. The van der Waals surface area contributed by atoms with Crippen LogP contribution in [-0.4, -0.2) is 16.2 Å². The molecule has 0 saturated heterocycles. The smallest absolute Gasteiger partial charge is 0.0848 e. The van der Waals surface area contributed by atoms with Gasteiger partial charge in [-0.3, -0.25) is 0 Å². The van der Waals surface area contributed by atoms with Crippen molar-refractivity contribution in [1.29, 1.82) is 0 Å². The summed E-state index contributed by atoms with van der Waals surface area (Å²) in [5.41, 5.74) is 5.16. The van der Waals surface area contributed by atoms with Crippen molar-refractivity contribution >= 4 is 0 Å². The summed E-state index contributed by atoms with van der Waals surface area (Å²) in [6.45, 7) is 10.4. The molecule has 0 saturated carbocycles. The Morgan fingerprint density at radius 2 is 1.50 bits per heavy atom. The summed E-state index contributed by atoms with van der Waals surface area (Å²) in [5, 5.41) is 10.7. The zero-order chi connectivity index (χ0) is 11.4. The quantitative estimate of drug-likeness (QED) is 0.694. The van der Waals surface area contributed by atoms with E-state index in [1.54, 1.807) is 0 Å². The Kier molecular flexibility index (Phi) is 5.10. The van der Waals surface area contributed by atoms with Crippen LogP contribution in [0.1, 0.15) is 60.3 Å². The van der Waals surface area contributed by atoms with E-state index in [9.17, 15) is 5.11 Å². The second-order valence-electron chi connectivity index (χ2n) is 4.45. The minimum atomic E-state index is -0.717. The fourth-order valence-corrected chi connectivity index (χ4v) is 2.39. The van der Waals surface area contributed by atoms with E-state index in [2.05, 4.69) is 27.7 Å². The van der Waals surface area contributed by atoms with Crippen LogP contribution >= 0.6 is 0 Å². The van der Waals surface area contributed by atoms with Crippen LogP contribution in [-0.2, 0) is 0 Å². The van der Waals surface area contributed by atoms with Gasteiger partial charge in [0.05, 0.1) is 5.60 Å². The predicted octanol–water partition coefficient (Wildman–Crippen LogP) is 2.69. The van der Waals surface area contributed by atoms with Crippen molar-refractivity contribution in [3.05, 3.63) is 0 Å². The first-order valence-electron chi connectivity index (χ1n) is 5.93. The van der Waals surface area contributed by atoms with Gasteiger partial charge in [0, 0.05) is 5.54 Å². The number of hydrogen-bond donors (Lipinski definition) is 2. The Bertz CT molecular complexity index is 166. The van der Waals surface area contributed by atoms with E-state index in [-0.39, 0.29) is 5.92 Å². The van der Waals surface area contributed by atoms with Gasteiger partial charge in [0.15, 0.2) is 0 Å². The van der Waals surface area contributed by atoms with Crippen LogP contribution < -0.4 is 5.73 Å². The third-order valence-corrected chi connectivity index (χ3v) is 4.09. The molecule has 86 valence electrons. The molecule has 14 heavy (non-hydrogen) atoms. The van der Waals surface area contributed by atoms with Crippen LogP contribution in [0.4, 0.5) is 0 Å². The normalized spacial score (nSPS) is 19.1. The molecular formula is C12H27NO. The molecule has 0 amide bonds. The lowest BCUT2D eigenvalue weighted by Gasteiger charge is -2.47. The van der Waals surface area contributed by atoms with E-state index in [1.165, 1.54) is 0 Å². The molecule has 0 spiro atoms. The zero-order valence-electron chi connectivity index (χ0n) is 10.4. The van der Waals surface area contributed by atoms with E-state index in [0.29, 0.717) is 0 Å². The van der Waals surface area contributed by atoms with Crippen LogP contribution in [0.2, 0.25) is 0 Å². The van der Waals surface area contributed by atoms with Gasteiger partial charge in [0.1, 0.15) is 0 Å². The summed E-state index contributed by atoms with van der Waals surface area (Å²) < 4.78 is 0. The molecule has 0 heterocycles. The molecule has 2 nitrogen and oxygen atoms in total. The van der Waals surface area contributed by atoms with Crippen molar-refractivity contribution in [3.63, 3.8) is 0 Å². The second-order valence-corrected chi connectivity index (χ2v) is 4.45. The highest BCUT2D eigenvalue weighted by molar-refractivity contribution is 5.03. The molecule has 0 aliphatic carbocycles. The van der Waals surface area contributed by atoms with Crippen LogP contribution in [0.3, 0.4) is 0 Å². The van der Waals surface area contributed by atoms with Gasteiger partial charge >= 0.3 is 0 Å². The van der Waals surface area contributed by atoms with Crippen LogP contribution in [0.25, 0.3) is 0 Å². The van der Waals surface area contributed by atoms with Crippen molar-refractivity contribution in [1.82, 2.24) is 0 Å². The van der Waals surface area contributed by atoms with Crippen molar-refractivity contribution in [3.8, 4) is 0 Å². The van der Waals surface area contributed by atoms with Gasteiger partial charge in [-0.15, -0.1) is 0 Å². The summed E-state index contributed by atoms with van der Waals surface area (Å²) in [5.74, 6) is 0.261. The van der Waals surface area contributed by atoms with Crippen molar-refractivity contribution in [2.45, 2.75) is 71.4 Å². The number of nitrogens with two attached hydrogens (primary N) is 1. The maximum absolute atomic E-state index is 10.7. The first-order valence-corrected chi connectivity index (χ1v) is 5.93. The SMILES string of the molecule is CCC(C)C(O)(CC)C(N)(CC)CC. The molecule has 0 bridgehead atoms. The Labute approximate surface area is 88.9 Å². The molecule has 3 N–H and O–H groups in total. The molecule has 0 aromatic carbocycles. The van der Waals surface area contributed by atoms with Gasteiger partial charge in [-0.2, -0.15) is 0 Å². The monoisotopic (exact) mass is 201 g/mol. The summed E-state index contributed by atoms with van der Waals surface area (Å²) in [7, 11) is 0. The fourth-order valence-electron chi connectivity index (χ4n) is 2.39. The Morgan fingerprint density at radius 3 is 1.71 bits per heavy atom. The largest absolute Gasteiger partial charge is 0.388 e. The summed E-state index contributed by atoms with van der Waals surface area (Å²) in [6.07, 6.45) is 3.37. The lowest BCUT2D eigenvalue weighted by atomic mass is 9.67. The maximum atomic E-state index is 10.7. The van der Waals surface area contributed by atoms with Crippen molar-refractivity contribution in [2.24, 2.45) is 11.7 Å². The average molecular weight is 201 g/mol. The zero-order valence-corrected chi connectivity index (χ0v) is 10.4. The summed E-state index contributed by atoms with van der Waals surface area (Å²) in [6, 6.07) is 0. The molecule has 0 radical (unpaired) electrons.